The molecule has 5 rings (SSSR count). The third-order valence-electron chi connectivity index (χ3n) is 5.32. The lowest BCUT2D eigenvalue weighted by Crippen LogP contribution is -2.27. The molecule has 152 valence electrons. The van der Waals surface area contributed by atoms with Gasteiger partial charge in [-0.2, -0.15) is 0 Å². The Morgan fingerprint density at radius 1 is 1.07 bits per heavy atom. The number of H-pyrrole nitrogens is 1. The number of rotatable bonds is 5. The lowest BCUT2D eigenvalue weighted by Gasteiger charge is -2.20. The summed E-state index contributed by atoms with van der Waals surface area (Å²) in [5.41, 5.74) is 4.45. The standard InChI is InChI=1S/C22H20F2N6/c23-15-1-2-17-13(10-28-19(17)8-15)3-6-27-22-18-4-5-25-12-20(18)29-21(30-22)14-7-16(24)11-26-9-14/h1-2,7-11,25,28H,3-6,12H2,(H,27,29,30). The van der Waals surface area contributed by atoms with Crippen LogP contribution in [0.15, 0.2) is 42.9 Å². The molecule has 0 unspecified atom stereocenters. The molecule has 1 aliphatic heterocycles. The zero-order valence-corrected chi connectivity index (χ0v) is 16.2. The fourth-order valence-corrected chi connectivity index (χ4v) is 3.85. The molecule has 1 aromatic carbocycles. The second-order valence-electron chi connectivity index (χ2n) is 7.32. The van der Waals surface area contributed by atoms with Gasteiger partial charge in [0.05, 0.1) is 11.9 Å². The van der Waals surface area contributed by atoms with Gasteiger partial charge in [0.2, 0.25) is 0 Å². The molecule has 0 radical (unpaired) electrons. The smallest absolute Gasteiger partial charge is 0.163 e. The van der Waals surface area contributed by atoms with Gasteiger partial charge in [0.15, 0.2) is 5.82 Å². The lowest BCUT2D eigenvalue weighted by molar-refractivity contribution is 0.619. The summed E-state index contributed by atoms with van der Waals surface area (Å²) in [6.07, 6.45) is 6.21. The van der Waals surface area contributed by atoms with Gasteiger partial charge in [-0.05, 0) is 49.2 Å². The highest BCUT2D eigenvalue weighted by Gasteiger charge is 2.18. The van der Waals surface area contributed by atoms with Crippen LogP contribution in [0.4, 0.5) is 14.6 Å². The second kappa shape index (κ2) is 7.79. The highest BCUT2D eigenvalue weighted by Crippen LogP contribution is 2.25. The zero-order chi connectivity index (χ0) is 20.5. The van der Waals surface area contributed by atoms with Crippen molar-refractivity contribution in [3.05, 3.63) is 71.3 Å². The minimum absolute atomic E-state index is 0.255. The summed E-state index contributed by atoms with van der Waals surface area (Å²) in [4.78, 5) is 16.3. The van der Waals surface area contributed by atoms with Crippen LogP contribution in [-0.2, 0) is 19.4 Å². The molecule has 3 aromatic heterocycles. The minimum atomic E-state index is -0.419. The summed E-state index contributed by atoms with van der Waals surface area (Å²) >= 11 is 0. The van der Waals surface area contributed by atoms with Gasteiger partial charge in [0.1, 0.15) is 17.5 Å². The van der Waals surface area contributed by atoms with Crippen LogP contribution in [0.2, 0.25) is 0 Å². The monoisotopic (exact) mass is 406 g/mol. The van der Waals surface area contributed by atoms with E-state index in [1.807, 2.05) is 6.20 Å². The van der Waals surface area contributed by atoms with Crippen LogP contribution in [0.25, 0.3) is 22.3 Å². The van der Waals surface area contributed by atoms with E-state index in [4.69, 9.17) is 0 Å². The molecular weight excluding hydrogens is 386 g/mol. The Kier molecular flexibility index (Phi) is 4.84. The molecule has 3 N–H and O–H groups in total. The molecular formula is C22H20F2N6. The van der Waals surface area contributed by atoms with Crippen molar-refractivity contribution in [3.63, 3.8) is 0 Å². The predicted molar refractivity (Wildman–Crippen MR) is 111 cm³/mol. The molecule has 0 aliphatic carbocycles. The number of hydrogen-bond donors (Lipinski definition) is 3. The Morgan fingerprint density at radius 2 is 2.00 bits per heavy atom. The van der Waals surface area contributed by atoms with E-state index in [0.29, 0.717) is 24.5 Å². The molecule has 1 aliphatic rings. The fraction of sp³-hybridized carbons (Fsp3) is 0.227. The third kappa shape index (κ3) is 3.61. The molecule has 0 amide bonds. The highest BCUT2D eigenvalue weighted by molar-refractivity contribution is 5.83. The summed E-state index contributed by atoms with van der Waals surface area (Å²) in [6.45, 7) is 2.16. The van der Waals surface area contributed by atoms with E-state index >= 15 is 0 Å². The van der Waals surface area contributed by atoms with E-state index in [2.05, 4.69) is 30.6 Å². The Hall–Kier alpha value is -3.39. The van der Waals surface area contributed by atoms with Crippen LogP contribution in [0.1, 0.15) is 16.8 Å². The van der Waals surface area contributed by atoms with Crippen LogP contribution in [0.5, 0.6) is 0 Å². The maximum absolute atomic E-state index is 13.6. The van der Waals surface area contributed by atoms with Crippen molar-refractivity contribution >= 4 is 16.7 Å². The Morgan fingerprint density at radius 3 is 2.90 bits per heavy atom. The second-order valence-corrected chi connectivity index (χ2v) is 7.32. The molecule has 6 nitrogen and oxygen atoms in total. The average Bonchev–Trinajstić information content (AvgIpc) is 3.15. The van der Waals surface area contributed by atoms with Crippen molar-refractivity contribution < 1.29 is 8.78 Å². The van der Waals surface area contributed by atoms with Gasteiger partial charge in [-0.3, -0.25) is 4.98 Å². The van der Waals surface area contributed by atoms with Crippen molar-refractivity contribution in [1.29, 1.82) is 0 Å². The molecule has 0 spiro atoms. The topological polar surface area (TPSA) is 78.5 Å². The lowest BCUT2D eigenvalue weighted by atomic mass is 10.1. The van der Waals surface area contributed by atoms with Gasteiger partial charge in [-0.1, -0.05) is 0 Å². The third-order valence-corrected chi connectivity index (χ3v) is 5.32. The van der Waals surface area contributed by atoms with E-state index in [1.54, 1.807) is 12.3 Å². The number of halogens is 2. The molecule has 0 bridgehead atoms. The zero-order valence-electron chi connectivity index (χ0n) is 16.2. The Bertz CT molecular complexity index is 1220. The first-order chi connectivity index (χ1) is 14.7. The number of benzene rings is 1. The largest absolute Gasteiger partial charge is 0.369 e. The summed E-state index contributed by atoms with van der Waals surface area (Å²) in [5.74, 6) is 0.549. The van der Waals surface area contributed by atoms with Crippen molar-refractivity contribution in [2.24, 2.45) is 0 Å². The summed E-state index contributed by atoms with van der Waals surface area (Å²) < 4.78 is 27.0. The van der Waals surface area contributed by atoms with Gasteiger partial charge in [-0.15, -0.1) is 0 Å². The van der Waals surface area contributed by atoms with Gasteiger partial charge < -0.3 is 15.6 Å². The van der Waals surface area contributed by atoms with E-state index < -0.39 is 5.82 Å². The van der Waals surface area contributed by atoms with Gasteiger partial charge in [-0.25, -0.2) is 18.7 Å². The van der Waals surface area contributed by atoms with Crippen molar-refractivity contribution in [1.82, 2.24) is 25.3 Å². The first-order valence-electron chi connectivity index (χ1n) is 9.88. The normalized spacial score (nSPS) is 13.4. The maximum atomic E-state index is 13.6. The molecule has 4 heterocycles. The van der Waals surface area contributed by atoms with Crippen LogP contribution >= 0.6 is 0 Å². The highest BCUT2D eigenvalue weighted by atomic mass is 19.1. The molecule has 8 heteroatoms. The van der Waals surface area contributed by atoms with Crippen LogP contribution in [0, 0.1) is 11.6 Å². The quantitative estimate of drug-likeness (QED) is 0.472. The van der Waals surface area contributed by atoms with E-state index in [-0.39, 0.29) is 5.82 Å². The first kappa shape index (κ1) is 18.6. The minimum Gasteiger partial charge on any atom is -0.369 e. The number of aromatic amines is 1. The summed E-state index contributed by atoms with van der Waals surface area (Å²) in [5, 5.41) is 7.76. The number of hydrogen-bond acceptors (Lipinski definition) is 5. The molecule has 30 heavy (non-hydrogen) atoms. The molecule has 4 aromatic rings. The van der Waals surface area contributed by atoms with Crippen LogP contribution in [0.3, 0.4) is 0 Å². The van der Waals surface area contributed by atoms with Gasteiger partial charge >= 0.3 is 0 Å². The number of fused-ring (bicyclic) bond motifs is 2. The van der Waals surface area contributed by atoms with Crippen LogP contribution < -0.4 is 10.6 Å². The number of anilines is 1. The van der Waals surface area contributed by atoms with Gasteiger partial charge in [0.25, 0.3) is 0 Å². The van der Waals surface area contributed by atoms with E-state index in [0.717, 1.165) is 59.1 Å². The van der Waals surface area contributed by atoms with Crippen LogP contribution in [-0.4, -0.2) is 33.0 Å². The van der Waals surface area contributed by atoms with Crippen molar-refractivity contribution in [2.45, 2.75) is 19.4 Å². The average molecular weight is 406 g/mol. The maximum Gasteiger partial charge on any atom is 0.163 e. The number of nitrogens with one attached hydrogen (secondary N) is 3. The summed E-state index contributed by atoms with van der Waals surface area (Å²) in [7, 11) is 0. The Labute approximate surface area is 171 Å². The predicted octanol–water partition coefficient (Wildman–Crippen LogP) is 3.60. The molecule has 0 fully saturated rings. The fourth-order valence-electron chi connectivity index (χ4n) is 3.85. The number of nitrogens with zero attached hydrogens (tertiary/aromatic N) is 3. The van der Waals surface area contributed by atoms with Crippen molar-refractivity contribution in [3.8, 4) is 11.4 Å². The number of pyridine rings is 1. The Balaban J connectivity index is 1.41. The van der Waals surface area contributed by atoms with Crippen molar-refractivity contribution in [2.75, 3.05) is 18.4 Å². The SMILES string of the molecule is Fc1cncc(-c2nc3c(c(NCCc4c[nH]c5cc(F)ccc45)n2)CCNC3)c1. The van der Waals surface area contributed by atoms with E-state index in [1.165, 1.54) is 18.2 Å². The summed E-state index contributed by atoms with van der Waals surface area (Å²) in [6, 6.07) is 6.16. The number of aromatic nitrogens is 4. The first-order valence-corrected chi connectivity index (χ1v) is 9.88. The molecule has 0 saturated heterocycles. The van der Waals surface area contributed by atoms with E-state index in [9.17, 15) is 8.78 Å². The van der Waals surface area contributed by atoms with Gasteiger partial charge in [0, 0.05) is 47.5 Å². The molecule has 0 saturated carbocycles. The molecule has 0 atom stereocenters.